The molecular weight excluding hydrogens is 276 g/mol. The Morgan fingerprint density at radius 2 is 2.05 bits per heavy atom. The van der Waals surface area contributed by atoms with Crippen molar-refractivity contribution in [3.63, 3.8) is 0 Å². The van der Waals surface area contributed by atoms with Crippen LogP contribution in [0.1, 0.15) is 18.1 Å². The van der Waals surface area contributed by atoms with Gasteiger partial charge in [-0.15, -0.1) is 0 Å². The molecular formula is C18H18N2O2. The van der Waals surface area contributed by atoms with Crippen molar-refractivity contribution >= 4 is 22.8 Å². The molecule has 0 fully saturated rings. The lowest BCUT2D eigenvalue weighted by atomic mass is 10.1. The SMILES string of the molecule is CCOc1ccccc1N=Cc1c(O)[nH]c2ccc(C)cc12. The van der Waals surface area contributed by atoms with Crippen LogP contribution in [0.5, 0.6) is 11.6 Å². The van der Waals surface area contributed by atoms with Crippen LogP contribution < -0.4 is 4.74 Å². The lowest BCUT2D eigenvalue weighted by molar-refractivity contribution is 0.341. The van der Waals surface area contributed by atoms with E-state index < -0.39 is 0 Å². The number of aryl methyl sites for hydroxylation is 1. The van der Waals surface area contributed by atoms with E-state index in [1.807, 2.05) is 56.3 Å². The molecule has 0 amide bonds. The number of aromatic hydroxyl groups is 1. The van der Waals surface area contributed by atoms with Gasteiger partial charge in [0.25, 0.3) is 0 Å². The molecule has 112 valence electrons. The molecule has 0 saturated carbocycles. The molecule has 0 unspecified atom stereocenters. The number of aliphatic imine (C=N–C) groups is 1. The van der Waals surface area contributed by atoms with Crippen LogP contribution in [0, 0.1) is 6.92 Å². The maximum Gasteiger partial charge on any atom is 0.198 e. The van der Waals surface area contributed by atoms with Crippen LogP contribution >= 0.6 is 0 Å². The molecule has 0 atom stereocenters. The van der Waals surface area contributed by atoms with Crippen molar-refractivity contribution in [1.82, 2.24) is 4.98 Å². The number of aromatic nitrogens is 1. The zero-order chi connectivity index (χ0) is 15.5. The van der Waals surface area contributed by atoms with E-state index in [-0.39, 0.29) is 5.88 Å². The highest BCUT2D eigenvalue weighted by molar-refractivity contribution is 6.02. The first-order valence-corrected chi connectivity index (χ1v) is 7.26. The Morgan fingerprint density at radius 3 is 2.86 bits per heavy atom. The highest BCUT2D eigenvalue weighted by Crippen LogP contribution is 2.30. The Kier molecular flexibility index (Phi) is 3.83. The summed E-state index contributed by atoms with van der Waals surface area (Å²) in [5.41, 5.74) is 3.45. The number of nitrogens with one attached hydrogen (secondary N) is 1. The molecule has 2 aromatic carbocycles. The van der Waals surface area contributed by atoms with Crippen molar-refractivity contribution in [1.29, 1.82) is 0 Å². The summed E-state index contributed by atoms with van der Waals surface area (Å²) in [5, 5.41) is 11.1. The van der Waals surface area contributed by atoms with Crippen molar-refractivity contribution in [2.45, 2.75) is 13.8 Å². The van der Waals surface area contributed by atoms with E-state index in [2.05, 4.69) is 9.98 Å². The number of H-pyrrole nitrogens is 1. The van der Waals surface area contributed by atoms with Crippen LogP contribution in [0.3, 0.4) is 0 Å². The van der Waals surface area contributed by atoms with Crippen LogP contribution in [0.25, 0.3) is 10.9 Å². The monoisotopic (exact) mass is 294 g/mol. The summed E-state index contributed by atoms with van der Waals surface area (Å²) in [4.78, 5) is 7.44. The Hall–Kier alpha value is -2.75. The lowest BCUT2D eigenvalue weighted by Crippen LogP contribution is -1.91. The number of rotatable bonds is 4. The summed E-state index contributed by atoms with van der Waals surface area (Å²) in [7, 11) is 0. The van der Waals surface area contributed by atoms with Gasteiger partial charge in [-0.1, -0.05) is 23.8 Å². The number of nitrogens with zero attached hydrogens (tertiary/aromatic N) is 1. The summed E-state index contributed by atoms with van der Waals surface area (Å²) in [5.74, 6) is 0.856. The van der Waals surface area contributed by atoms with E-state index in [0.29, 0.717) is 12.2 Å². The van der Waals surface area contributed by atoms with E-state index in [4.69, 9.17) is 4.74 Å². The molecule has 3 rings (SSSR count). The van der Waals surface area contributed by atoms with Gasteiger partial charge in [0, 0.05) is 17.1 Å². The summed E-state index contributed by atoms with van der Waals surface area (Å²) in [6.07, 6.45) is 1.67. The van der Waals surface area contributed by atoms with Crippen LogP contribution in [0.4, 0.5) is 5.69 Å². The summed E-state index contributed by atoms with van der Waals surface area (Å²) >= 11 is 0. The van der Waals surface area contributed by atoms with Crippen LogP contribution in [-0.4, -0.2) is 22.9 Å². The summed E-state index contributed by atoms with van der Waals surface area (Å²) < 4.78 is 5.56. The molecule has 0 spiro atoms. The Labute approximate surface area is 129 Å². The van der Waals surface area contributed by atoms with Gasteiger partial charge >= 0.3 is 0 Å². The molecule has 0 aliphatic rings. The van der Waals surface area contributed by atoms with E-state index in [0.717, 1.165) is 27.9 Å². The van der Waals surface area contributed by atoms with Crippen molar-refractivity contribution < 1.29 is 9.84 Å². The molecule has 0 saturated heterocycles. The van der Waals surface area contributed by atoms with Gasteiger partial charge in [0.15, 0.2) is 5.88 Å². The van der Waals surface area contributed by atoms with Crippen LogP contribution in [-0.2, 0) is 0 Å². The smallest absolute Gasteiger partial charge is 0.198 e. The van der Waals surface area contributed by atoms with E-state index >= 15 is 0 Å². The van der Waals surface area contributed by atoms with E-state index in [9.17, 15) is 5.11 Å². The zero-order valence-electron chi connectivity index (χ0n) is 12.6. The summed E-state index contributed by atoms with van der Waals surface area (Å²) in [6.45, 7) is 4.55. The molecule has 22 heavy (non-hydrogen) atoms. The second-order valence-corrected chi connectivity index (χ2v) is 5.10. The minimum atomic E-state index is 0.123. The lowest BCUT2D eigenvalue weighted by Gasteiger charge is -2.05. The van der Waals surface area contributed by atoms with Crippen molar-refractivity contribution in [3.05, 3.63) is 53.6 Å². The number of ether oxygens (including phenoxy) is 1. The fraction of sp³-hybridized carbons (Fsp3) is 0.167. The minimum Gasteiger partial charge on any atom is -0.494 e. The van der Waals surface area contributed by atoms with Gasteiger partial charge in [0.05, 0.1) is 12.2 Å². The molecule has 4 nitrogen and oxygen atoms in total. The molecule has 1 heterocycles. The standard InChI is InChI=1S/C18H18N2O2/c1-3-22-17-7-5-4-6-16(17)19-11-14-13-10-12(2)8-9-15(13)20-18(14)21/h4-11,20-21H,3H2,1-2H3. The molecule has 1 aromatic heterocycles. The molecule has 0 bridgehead atoms. The third-order valence-electron chi connectivity index (χ3n) is 3.47. The number of hydrogen-bond acceptors (Lipinski definition) is 3. The number of para-hydroxylation sites is 2. The maximum absolute atomic E-state index is 10.1. The van der Waals surface area contributed by atoms with Gasteiger partial charge in [-0.2, -0.15) is 0 Å². The minimum absolute atomic E-state index is 0.123. The molecule has 2 N–H and O–H groups in total. The van der Waals surface area contributed by atoms with E-state index in [1.54, 1.807) is 6.21 Å². The normalized spacial score (nSPS) is 11.4. The fourth-order valence-electron chi connectivity index (χ4n) is 2.42. The van der Waals surface area contributed by atoms with Gasteiger partial charge in [-0.05, 0) is 38.1 Å². The van der Waals surface area contributed by atoms with Crippen LogP contribution in [0.2, 0.25) is 0 Å². The van der Waals surface area contributed by atoms with Crippen molar-refractivity contribution in [2.75, 3.05) is 6.61 Å². The first kappa shape index (κ1) is 14.2. The number of fused-ring (bicyclic) bond motifs is 1. The average molecular weight is 294 g/mol. The average Bonchev–Trinajstić information content (AvgIpc) is 2.82. The number of hydrogen-bond donors (Lipinski definition) is 2. The highest BCUT2D eigenvalue weighted by Gasteiger charge is 2.09. The second-order valence-electron chi connectivity index (χ2n) is 5.10. The third kappa shape index (κ3) is 2.68. The molecule has 0 radical (unpaired) electrons. The Bertz CT molecular complexity index is 834. The predicted molar refractivity (Wildman–Crippen MR) is 89.6 cm³/mol. The second kappa shape index (κ2) is 5.93. The van der Waals surface area contributed by atoms with Gasteiger partial charge < -0.3 is 14.8 Å². The number of aromatic amines is 1. The summed E-state index contributed by atoms with van der Waals surface area (Å²) in [6, 6.07) is 13.6. The van der Waals surface area contributed by atoms with Crippen molar-refractivity contribution in [3.8, 4) is 11.6 Å². The molecule has 0 aliphatic carbocycles. The Morgan fingerprint density at radius 1 is 1.23 bits per heavy atom. The number of benzene rings is 2. The van der Waals surface area contributed by atoms with Crippen molar-refractivity contribution in [2.24, 2.45) is 4.99 Å². The third-order valence-corrected chi connectivity index (χ3v) is 3.47. The fourth-order valence-corrected chi connectivity index (χ4v) is 2.42. The first-order chi connectivity index (χ1) is 10.7. The Balaban J connectivity index is 2.03. The first-order valence-electron chi connectivity index (χ1n) is 7.26. The molecule has 0 aliphatic heterocycles. The van der Waals surface area contributed by atoms with Gasteiger partial charge in [0.1, 0.15) is 11.4 Å². The topological polar surface area (TPSA) is 57.6 Å². The highest BCUT2D eigenvalue weighted by atomic mass is 16.5. The van der Waals surface area contributed by atoms with Gasteiger partial charge in [0.2, 0.25) is 0 Å². The maximum atomic E-state index is 10.1. The predicted octanol–water partition coefficient (Wildman–Crippen LogP) is 4.33. The quantitative estimate of drug-likeness (QED) is 0.704. The molecule has 3 aromatic rings. The van der Waals surface area contributed by atoms with Gasteiger partial charge in [-0.25, -0.2) is 0 Å². The van der Waals surface area contributed by atoms with Crippen LogP contribution in [0.15, 0.2) is 47.5 Å². The zero-order valence-corrected chi connectivity index (χ0v) is 12.6. The largest absolute Gasteiger partial charge is 0.494 e. The molecule has 4 heteroatoms. The van der Waals surface area contributed by atoms with Gasteiger partial charge in [-0.3, -0.25) is 4.99 Å². The van der Waals surface area contributed by atoms with E-state index in [1.165, 1.54) is 0 Å².